The summed E-state index contributed by atoms with van der Waals surface area (Å²) < 4.78 is 0. The third kappa shape index (κ3) is 3.14. The molecule has 0 radical (unpaired) electrons. The fraction of sp³-hybridized carbons (Fsp3) is 0.233. The number of nitrogens with zero attached hydrogens (tertiary/aromatic N) is 1. The van der Waals surface area contributed by atoms with Gasteiger partial charge in [-0.2, -0.15) is 0 Å². The Bertz CT molecular complexity index is 1360. The molecule has 0 aromatic heterocycles. The van der Waals surface area contributed by atoms with Crippen LogP contribution in [0.1, 0.15) is 54.1 Å². The van der Waals surface area contributed by atoms with Crippen molar-refractivity contribution in [3.05, 3.63) is 107 Å². The molecule has 0 saturated heterocycles. The molecule has 2 aliphatic carbocycles. The summed E-state index contributed by atoms with van der Waals surface area (Å²) in [6, 6.07) is 26.3. The van der Waals surface area contributed by atoms with E-state index in [9.17, 15) is 9.59 Å². The molecule has 3 aliphatic rings. The maximum atomic E-state index is 13.6. The number of carbonyl (C=O) groups is 2. The molecular formula is C30H25NO2. The van der Waals surface area contributed by atoms with Crippen LogP contribution in [0.25, 0.3) is 11.1 Å². The van der Waals surface area contributed by atoms with E-state index in [1.54, 1.807) is 0 Å². The highest BCUT2D eigenvalue weighted by molar-refractivity contribution is 6.30. The Morgan fingerprint density at radius 3 is 2.09 bits per heavy atom. The minimum atomic E-state index is -0.436. The van der Waals surface area contributed by atoms with Gasteiger partial charge in [-0.3, -0.25) is 14.6 Å². The van der Waals surface area contributed by atoms with E-state index in [1.807, 2.05) is 42.5 Å². The number of ketones is 2. The first-order valence-electron chi connectivity index (χ1n) is 11.6. The number of hydrogen-bond donors (Lipinski definition) is 0. The Hall–Kier alpha value is -3.59. The van der Waals surface area contributed by atoms with Crippen molar-refractivity contribution in [2.75, 3.05) is 0 Å². The summed E-state index contributed by atoms with van der Waals surface area (Å²) in [5, 5.41) is 0. The second-order valence-corrected chi connectivity index (χ2v) is 10.2. The minimum Gasteiger partial charge on any atom is -0.294 e. The quantitative estimate of drug-likeness (QED) is 0.472. The SMILES string of the molecule is CC1(C)CC(=O)C2=C(C1)N=C1c3ccccc3C(=O)[C@H]1[C@H]2c1ccc(-c2ccccc2)cc1. The van der Waals surface area contributed by atoms with Gasteiger partial charge in [0.25, 0.3) is 0 Å². The predicted molar refractivity (Wildman–Crippen MR) is 130 cm³/mol. The van der Waals surface area contributed by atoms with Crippen LogP contribution in [-0.2, 0) is 4.79 Å². The Morgan fingerprint density at radius 1 is 0.727 bits per heavy atom. The molecule has 0 saturated carbocycles. The normalized spacial score (nSPS) is 23.0. The van der Waals surface area contributed by atoms with Gasteiger partial charge in [-0.1, -0.05) is 92.7 Å². The van der Waals surface area contributed by atoms with Gasteiger partial charge in [0.2, 0.25) is 0 Å². The van der Waals surface area contributed by atoms with Crippen molar-refractivity contribution in [2.24, 2.45) is 16.3 Å². The lowest BCUT2D eigenvalue weighted by atomic mass is 9.66. The van der Waals surface area contributed by atoms with Gasteiger partial charge in [0, 0.05) is 34.7 Å². The van der Waals surface area contributed by atoms with Gasteiger partial charge in [0.15, 0.2) is 11.6 Å². The lowest BCUT2D eigenvalue weighted by Gasteiger charge is -2.38. The first kappa shape index (κ1) is 20.0. The molecule has 1 aliphatic heterocycles. The zero-order valence-electron chi connectivity index (χ0n) is 18.8. The molecular weight excluding hydrogens is 406 g/mol. The van der Waals surface area contributed by atoms with Crippen LogP contribution in [0.15, 0.2) is 95.1 Å². The minimum absolute atomic E-state index is 0.0747. The second-order valence-electron chi connectivity index (χ2n) is 10.2. The van der Waals surface area contributed by atoms with E-state index < -0.39 is 5.92 Å². The van der Waals surface area contributed by atoms with Crippen molar-refractivity contribution < 1.29 is 9.59 Å². The van der Waals surface area contributed by atoms with E-state index >= 15 is 0 Å². The summed E-state index contributed by atoms with van der Waals surface area (Å²) in [5.41, 5.74) is 7.23. The number of carbonyl (C=O) groups excluding carboxylic acids is 2. The summed E-state index contributed by atoms with van der Waals surface area (Å²) in [4.78, 5) is 32.0. The monoisotopic (exact) mass is 431 g/mol. The van der Waals surface area contributed by atoms with Crippen LogP contribution in [0.3, 0.4) is 0 Å². The van der Waals surface area contributed by atoms with E-state index in [1.165, 1.54) is 0 Å². The first-order valence-corrected chi connectivity index (χ1v) is 11.6. The van der Waals surface area contributed by atoms with Crippen LogP contribution in [-0.4, -0.2) is 17.3 Å². The number of rotatable bonds is 2. The molecule has 0 N–H and O–H groups in total. The van der Waals surface area contributed by atoms with Crippen molar-refractivity contribution in [1.82, 2.24) is 0 Å². The van der Waals surface area contributed by atoms with Gasteiger partial charge in [-0.15, -0.1) is 0 Å². The number of hydrogen-bond acceptors (Lipinski definition) is 3. The molecule has 162 valence electrons. The van der Waals surface area contributed by atoms with Gasteiger partial charge in [0.1, 0.15) is 0 Å². The second kappa shape index (κ2) is 7.21. The Balaban J connectivity index is 1.52. The lowest BCUT2D eigenvalue weighted by Crippen LogP contribution is -2.37. The zero-order chi connectivity index (χ0) is 22.7. The van der Waals surface area contributed by atoms with Crippen molar-refractivity contribution in [1.29, 1.82) is 0 Å². The molecule has 0 bridgehead atoms. The van der Waals surface area contributed by atoms with Crippen molar-refractivity contribution in [3.8, 4) is 11.1 Å². The maximum Gasteiger partial charge on any atom is 0.173 e. The van der Waals surface area contributed by atoms with E-state index in [-0.39, 0.29) is 22.9 Å². The van der Waals surface area contributed by atoms with Crippen LogP contribution >= 0.6 is 0 Å². The Morgan fingerprint density at radius 2 is 1.36 bits per heavy atom. The fourth-order valence-corrected chi connectivity index (χ4v) is 5.76. The van der Waals surface area contributed by atoms with Crippen molar-refractivity contribution in [3.63, 3.8) is 0 Å². The summed E-state index contributed by atoms with van der Waals surface area (Å²) in [6.07, 6.45) is 1.24. The molecule has 6 rings (SSSR count). The van der Waals surface area contributed by atoms with Crippen LogP contribution in [0.4, 0.5) is 0 Å². The van der Waals surface area contributed by atoms with Gasteiger partial charge >= 0.3 is 0 Å². The molecule has 3 heteroatoms. The third-order valence-electron chi connectivity index (χ3n) is 7.22. The van der Waals surface area contributed by atoms with Crippen LogP contribution in [0.5, 0.6) is 0 Å². The molecule has 3 aromatic carbocycles. The standard InChI is InChI=1S/C30H25NO2/c1-30(2)16-23-26(24(32)17-30)25(20-14-12-19(13-15-20)18-8-4-3-5-9-18)27-28(31-23)21-10-6-7-11-22(21)29(27)33/h3-15,25,27H,16-17H2,1-2H3/t25-,27-/m0/s1. The van der Waals surface area contributed by atoms with Gasteiger partial charge < -0.3 is 0 Å². The van der Waals surface area contributed by atoms with E-state index in [0.717, 1.165) is 51.2 Å². The average Bonchev–Trinajstić information content (AvgIpc) is 3.10. The van der Waals surface area contributed by atoms with Gasteiger partial charge in [-0.25, -0.2) is 0 Å². The first-order chi connectivity index (χ1) is 15.9. The largest absolute Gasteiger partial charge is 0.294 e. The molecule has 3 nitrogen and oxygen atoms in total. The summed E-state index contributed by atoms with van der Waals surface area (Å²) in [7, 11) is 0. The van der Waals surface area contributed by atoms with Crippen LogP contribution < -0.4 is 0 Å². The number of allylic oxidation sites excluding steroid dienone is 2. The predicted octanol–water partition coefficient (Wildman–Crippen LogP) is 6.40. The van der Waals surface area contributed by atoms with Gasteiger partial charge in [0.05, 0.1) is 11.6 Å². The van der Waals surface area contributed by atoms with Gasteiger partial charge in [-0.05, 0) is 28.5 Å². The smallest absolute Gasteiger partial charge is 0.173 e. The molecule has 3 aromatic rings. The highest BCUT2D eigenvalue weighted by Crippen LogP contribution is 2.51. The molecule has 33 heavy (non-hydrogen) atoms. The number of Topliss-reactive ketones (excluding diaryl/α,β-unsaturated/α-hetero) is 2. The molecule has 0 unspecified atom stereocenters. The topological polar surface area (TPSA) is 46.5 Å². The van der Waals surface area contributed by atoms with Crippen LogP contribution in [0, 0.1) is 11.3 Å². The Labute approximate surface area is 193 Å². The summed E-state index contributed by atoms with van der Waals surface area (Å²) in [5.74, 6) is -0.523. The van der Waals surface area contributed by atoms with Crippen molar-refractivity contribution >= 4 is 17.3 Å². The van der Waals surface area contributed by atoms with Crippen LogP contribution in [0.2, 0.25) is 0 Å². The molecule has 2 atom stereocenters. The molecule has 0 fully saturated rings. The summed E-state index contributed by atoms with van der Waals surface area (Å²) in [6.45, 7) is 4.25. The summed E-state index contributed by atoms with van der Waals surface area (Å²) >= 11 is 0. The highest BCUT2D eigenvalue weighted by Gasteiger charge is 2.50. The van der Waals surface area contributed by atoms with E-state index in [4.69, 9.17) is 4.99 Å². The lowest BCUT2D eigenvalue weighted by molar-refractivity contribution is -0.118. The van der Waals surface area contributed by atoms with Crippen molar-refractivity contribution in [2.45, 2.75) is 32.6 Å². The maximum absolute atomic E-state index is 13.6. The molecule has 0 spiro atoms. The van der Waals surface area contributed by atoms with E-state index in [2.05, 4.69) is 50.2 Å². The van der Waals surface area contributed by atoms with E-state index in [0.29, 0.717) is 6.42 Å². The highest BCUT2D eigenvalue weighted by atomic mass is 16.1. The number of benzene rings is 3. The number of aliphatic imine (C=N–C) groups is 1. The Kier molecular flexibility index (Phi) is 4.38. The number of fused-ring (bicyclic) bond motifs is 3. The zero-order valence-corrected chi connectivity index (χ0v) is 18.8. The molecule has 0 amide bonds. The average molecular weight is 432 g/mol. The molecule has 1 heterocycles. The fourth-order valence-electron chi connectivity index (χ4n) is 5.76. The third-order valence-corrected chi connectivity index (χ3v) is 7.22.